The van der Waals surface area contributed by atoms with Gasteiger partial charge in [-0.1, -0.05) is 24.3 Å². The smallest absolute Gasteiger partial charge is 0.315 e. The minimum atomic E-state index is -0.143. The Morgan fingerprint density at radius 3 is 2.96 bits per heavy atom. The van der Waals surface area contributed by atoms with Crippen molar-refractivity contribution in [2.75, 3.05) is 25.0 Å². The molecule has 1 atom stereocenters. The SMILES string of the molecule is Cc1ccc(NCCCNC(=O)N[C@@H]2CCOc3ccccc32)nc1. The summed E-state index contributed by atoms with van der Waals surface area (Å²) in [7, 11) is 0. The van der Waals surface area contributed by atoms with Gasteiger partial charge in [-0.2, -0.15) is 0 Å². The summed E-state index contributed by atoms with van der Waals surface area (Å²) in [6, 6.07) is 11.7. The van der Waals surface area contributed by atoms with E-state index in [1.165, 1.54) is 0 Å². The third kappa shape index (κ3) is 4.86. The van der Waals surface area contributed by atoms with E-state index in [1.807, 2.05) is 49.5 Å². The third-order valence-corrected chi connectivity index (χ3v) is 4.12. The summed E-state index contributed by atoms with van der Waals surface area (Å²) in [6.45, 7) is 4.00. The average Bonchev–Trinajstić information content (AvgIpc) is 2.63. The van der Waals surface area contributed by atoms with Crippen LogP contribution >= 0.6 is 0 Å². The van der Waals surface area contributed by atoms with Gasteiger partial charge in [-0.15, -0.1) is 0 Å². The summed E-state index contributed by atoms with van der Waals surface area (Å²) in [4.78, 5) is 16.4. The molecule has 6 heteroatoms. The molecule has 1 aromatic heterocycles. The van der Waals surface area contributed by atoms with Gasteiger partial charge in [0, 0.05) is 31.3 Å². The van der Waals surface area contributed by atoms with Gasteiger partial charge in [-0.05, 0) is 31.0 Å². The lowest BCUT2D eigenvalue weighted by molar-refractivity contribution is 0.223. The quantitative estimate of drug-likeness (QED) is 0.707. The number of carbonyl (C=O) groups is 1. The molecular formula is C19H24N4O2. The highest BCUT2D eigenvalue weighted by Crippen LogP contribution is 2.31. The number of amides is 2. The van der Waals surface area contributed by atoms with E-state index >= 15 is 0 Å². The maximum Gasteiger partial charge on any atom is 0.315 e. The van der Waals surface area contributed by atoms with E-state index in [0.717, 1.165) is 42.1 Å². The highest BCUT2D eigenvalue weighted by Gasteiger charge is 2.22. The first-order chi connectivity index (χ1) is 12.2. The zero-order valence-corrected chi connectivity index (χ0v) is 14.4. The number of benzene rings is 1. The molecule has 0 radical (unpaired) electrons. The second-order valence-electron chi connectivity index (χ2n) is 6.13. The van der Waals surface area contributed by atoms with Crippen molar-refractivity contribution in [3.05, 3.63) is 53.7 Å². The van der Waals surface area contributed by atoms with Crippen LogP contribution in [0, 0.1) is 6.92 Å². The molecule has 3 rings (SSSR count). The summed E-state index contributed by atoms with van der Waals surface area (Å²) in [5, 5.41) is 9.17. The summed E-state index contributed by atoms with van der Waals surface area (Å²) >= 11 is 0. The van der Waals surface area contributed by atoms with E-state index in [9.17, 15) is 4.79 Å². The summed E-state index contributed by atoms with van der Waals surface area (Å²) in [6.07, 6.45) is 3.44. The third-order valence-electron chi connectivity index (χ3n) is 4.12. The molecule has 0 bridgehead atoms. The first kappa shape index (κ1) is 17.1. The first-order valence-corrected chi connectivity index (χ1v) is 8.65. The molecule has 2 aromatic rings. The van der Waals surface area contributed by atoms with E-state index in [0.29, 0.717) is 13.2 Å². The van der Waals surface area contributed by atoms with Crippen LogP contribution in [-0.4, -0.2) is 30.7 Å². The van der Waals surface area contributed by atoms with Crippen LogP contribution in [0.25, 0.3) is 0 Å². The van der Waals surface area contributed by atoms with Crippen LogP contribution in [0.1, 0.15) is 30.0 Å². The topological polar surface area (TPSA) is 75.3 Å². The lowest BCUT2D eigenvalue weighted by Gasteiger charge is -2.26. The number of urea groups is 1. The maximum absolute atomic E-state index is 12.1. The number of aromatic nitrogens is 1. The van der Waals surface area contributed by atoms with E-state index in [1.54, 1.807) is 0 Å². The van der Waals surface area contributed by atoms with Gasteiger partial charge >= 0.3 is 6.03 Å². The van der Waals surface area contributed by atoms with Crippen LogP contribution in [0.3, 0.4) is 0 Å². The Bertz CT molecular complexity index is 703. The number of fused-ring (bicyclic) bond motifs is 1. The van der Waals surface area contributed by atoms with Gasteiger partial charge in [-0.3, -0.25) is 0 Å². The summed E-state index contributed by atoms with van der Waals surface area (Å²) in [5.41, 5.74) is 2.18. The molecule has 0 saturated carbocycles. The fourth-order valence-corrected chi connectivity index (χ4v) is 2.78. The lowest BCUT2D eigenvalue weighted by Crippen LogP contribution is -2.40. The minimum Gasteiger partial charge on any atom is -0.493 e. The monoisotopic (exact) mass is 340 g/mol. The highest BCUT2D eigenvalue weighted by atomic mass is 16.5. The van der Waals surface area contributed by atoms with Crippen LogP contribution in [0.4, 0.5) is 10.6 Å². The molecule has 2 amide bonds. The number of hydrogen-bond acceptors (Lipinski definition) is 4. The van der Waals surface area contributed by atoms with E-state index < -0.39 is 0 Å². The molecule has 3 N–H and O–H groups in total. The Balaban J connectivity index is 1.37. The zero-order chi connectivity index (χ0) is 17.5. The number of nitrogens with zero attached hydrogens (tertiary/aromatic N) is 1. The number of rotatable bonds is 6. The minimum absolute atomic E-state index is 0.000154. The van der Waals surface area contributed by atoms with Crippen LogP contribution in [0.5, 0.6) is 5.75 Å². The van der Waals surface area contributed by atoms with Crippen molar-refractivity contribution in [3.8, 4) is 5.75 Å². The number of nitrogens with one attached hydrogen (secondary N) is 3. The van der Waals surface area contributed by atoms with Crippen molar-refractivity contribution in [1.29, 1.82) is 0 Å². The van der Waals surface area contributed by atoms with E-state index in [4.69, 9.17) is 4.74 Å². The fourth-order valence-electron chi connectivity index (χ4n) is 2.78. The molecule has 0 unspecified atom stereocenters. The van der Waals surface area contributed by atoms with Gasteiger partial charge < -0.3 is 20.7 Å². The molecular weight excluding hydrogens is 316 g/mol. The molecule has 25 heavy (non-hydrogen) atoms. The Hall–Kier alpha value is -2.76. The molecule has 132 valence electrons. The van der Waals surface area contributed by atoms with Crippen molar-refractivity contribution in [3.63, 3.8) is 0 Å². The largest absolute Gasteiger partial charge is 0.493 e. The predicted molar refractivity (Wildman–Crippen MR) is 97.9 cm³/mol. The molecule has 1 aliphatic heterocycles. The molecule has 6 nitrogen and oxygen atoms in total. The number of pyridine rings is 1. The summed E-state index contributed by atoms with van der Waals surface area (Å²) < 4.78 is 5.61. The van der Waals surface area contributed by atoms with Crippen LogP contribution in [0.2, 0.25) is 0 Å². The van der Waals surface area contributed by atoms with Gasteiger partial charge in [0.25, 0.3) is 0 Å². The van der Waals surface area contributed by atoms with E-state index in [2.05, 4.69) is 20.9 Å². The van der Waals surface area contributed by atoms with Crippen molar-refractivity contribution in [1.82, 2.24) is 15.6 Å². The predicted octanol–water partition coefficient (Wildman–Crippen LogP) is 3.02. The fraction of sp³-hybridized carbons (Fsp3) is 0.368. The number of hydrogen-bond donors (Lipinski definition) is 3. The van der Waals surface area contributed by atoms with Gasteiger partial charge in [0.2, 0.25) is 0 Å². The van der Waals surface area contributed by atoms with Crippen molar-refractivity contribution in [2.45, 2.75) is 25.8 Å². The highest BCUT2D eigenvalue weighted by molar-refractivity contribution is 5.74. The zero-order valence-electron chi connectivity index (χ0n) is 14.4. The Labute approximate surface area is 148 Å². The molecule has 1 aliphatic rings. The Morgan fingerprint density at radius 1 is 1.24 bits per heavy atom. The van der Waals surface area contributed by atoms with E-state index in [-0.39, 0.29) is 12.1 Å². The number of anilines is 1. The lowest BCUT2D eigenvalue weighted by atomic mass is 10.0. The van der Waals surface area contributed by atoms with Crippen LogP contribution in [-0.2, 0) is 0 Å². The molecule has 0 fully saturated rings. The first-order valence-electron chi connectivity index (χ1n) is 8.65. The number of ether oxygens (including phenoxy) is 1. The van der Waals surface area contributed by atoms with Gasteiger partial charge in [0.1, 0.15) is 11.6 Å². The molecule has 1 aromatic carbocycles. The number of aryl methyl sites for hydroxylation is 1. The summed E-state index contributed by atoms with van der Waals surface area (Å²) in [5.74, 6) is 1.71. The van der Waals surface area contributed by atoms with Gasteiger partial charge in [-0.25, -0.2) is 9.78 Å². The van der Waals surface area contributed by atoms with Crippen molar-refractivity contribution in [2.24, 2.45) is 0 Å². The second-order valence-corrected chi connectivity index (χ2v) is 6.13. The molecule has 0 aliphatic carbocycles. The van der Waals surface area contributed by atoms with Crippen molar-refractivity contribution >= 4 is 11.8 Å². The maximum atomic E-state index is 12.1. The van der Waals surface area contributed by atoms with Gasteiger partial charge in [0.15, 0.2) is 0 Å². The van der Waals surface area contributed by atoms with Crippen LogP contribution < -0.4 is 20.7 Å². The number of para-hydroxylation sites is 1. The number of carbonyl (C=O) groups excluding carboxylic acids is 1. The molecule has 0 saturated heterocycles. The average molecular weight is 340 g/mol. The van der Waals surface area contributed by atoms with Crippen molar-refractivity contribution < 1.29 is 9.53 Å². The normalized spacial score (nSPS) is 15.6. The van der Waals surface area contributed by atoms with Gasteiger partial charge in [0.05, 0.1) is 12.6 Å². The Kier molecular flexibility index (Phi) is 5.72. The second kappa shape index (κ2) is 8.37. The molecule has 0 spiro atoms. The molecule has 2 heterocycles. The Morgan fingerprint density at radius 2 is 2.12 bits per heavy atom. The van der Waals surface area contributed by atoms with Crippen LogP contribution in [0.15, 0.2) is 42.6 Å². The standard InChI is InChI=1S/C19H24N4O2/c1-14-7-8-18(22-13-14)20-10-4-11-21-19(24)23-16-9-12-25-17-6-3-2-5-15(16)17/h2-3,5-8,13,16H,4,9-12H2,1H3,(H,20,22)(H2,21,23,24)/t16-/m1/s1.